The van der Waals surface area contributed by atoms with Crippen molar-refractivity contribution in [3.05, 3.63) is 35.7 Å². The number of hydrogen-bond acceptors (Lipinski definition) is 1. The molecule has 1 saturated carbocycles. The molecule has 112 valence electrons. The van der Waals surface area contributed by atoms with Crippen LogP contribution in [-0.4, -0.2) is 0 Å². The van der Waals surface area contributed by atoms with E-state index in [9.17, 15) is 0 Å². The first-order chi connectivity index (χ1) is 9.90. The molecule has 1 nitrogen and oxygen atoms in total. The molecule has 1 N–H and O–H groups in total. The third-order valence-electron chi connectivity index (χ3n) is 4.61. The van der Waals surface area contributed by atoms with Crippen molar-refractivity contribution in [2.24, 2.45) is 5.92 Å². The van der Waals surface area contributed by atoms with E-state index in [1.807, 2.05) is 0 Å². The third-order valence-corrected chi connectivity index (χ3v) is 4.61. The lowest BCUT2D eigenvalue weighted by Gasteiger charge is -2.18. The van der Waals surface area contributed by atoms with Gasteiger partial charge in [-0.05, 0) is 49.3 Å². The van der Waals surface area contributed by atoms with Crippen molar-refractivity contribution < 1.29 is 0 Å². The molecule has 0 atom stereocenters. The van der Waals surface area contributed by atoms with Crippen molar-refractivity contribution in [1.29, 1.82) is 0 Å². The van der Waals surface area contributed by atoms with Crippen LogP contribution < -0.4 is 5.32 Å². The molecule has 1 heterocycles. The number of allylic oxidation sites excluding steroid dienone is 5. The van der Waals surface area contributed by atoms with Crippen LogP contribution in [0.4, 0.5) is 0 Å². The van der Waals surface area contributed by atoms with Crippen LogP contribution in [0.2, 0.25) is 0 Å². The summed E-state index contributed by atoms with van der Waals surface area (Å²) < 4.78 is 0. The number of rotatable bonds is 6. The van der Waals surface area contributed by atoms with E-state index in [4.69, 9.17) is 0 Å². The predicted molar refractivity (Wildman–Crippen MR) is 88.4 cm³/mol. The lowest BCUT2D eigenvalue weighted by atomic mass is 9.94. The Balaban J connectivity index is 1.92. The molecule has 0 aromatic carbocycles. The van der Waals surface area contributed by atoms with Crippen molar-refractivity contribution in [2.75, 3.05) is 0 Å². The Morgan fingerprint density at radius 3 is 2.60 bits per heavy atom. The molecule has 1 aliphatic heterocycles. The molecule has 2 aliphatic rings. The van der Waals surface area contributed by atoms with Gasteiger partial charge < -0.3 is 5.32 Å². The predicted octanol–water partition coefficient (Wildman–Crippen LogP) is 5.85. The molecule has 1 aliphatic carbocycles. The fourth-order valence-electron chi connectivity index (χ4n) is 3.34. The normalized spacial score (nSPS) is 20.6. The highest BCUT2D eigenvalue weighted by Crippen LogP contribution is 2.29. The minimum absolute atomic E-state index is 0.763. The molecule has 0 aromatic rings. The zero-order chi connectivity index (χ0) is 14.0. The van der Waals surface area contributed by atoms with Crippen molar-refractivity contribution in [3.63, 3.8) is 0 Å². The molecule has 0 spiro atoms. The van der Waals surface area contributed by atoms with Gasteiger partial charge in [0.2, 0.25) is 0 Å². The van der Waals surface area contributed by atoms with Gasteiger partial charge in [-0.3, -0.25) is 0 Å². The highest BCUT2D eigenvalue weighted by Gasteiger charge is 2.17. The minimum atomic E-state index is 0.763. The van der Waals surface area contributed by atoms with E-state index in [0.29, 0.717) is 0 Å². The van der Waals surface area contributed by atoms with Crippen LogP contribution in [0.15, 0.2) is 35.7 Å². The Bertz CT molecular complexity index is 354. The summed E-state index contributed by atoms with van der Waals surface area (Å²) in [5, 5.41) is 3.54. The summed E-state index contributed by atoms with van der Waals surface area (Å²) >= 11 is 0. The molecule has 1 fully saturated rings. The molecular formula is C19H31N. The largest absolute Gasteiger partial charge is 0.365 e. The van der Waals surface area contributed by atoms with Crippen LogP contribution in [0.25, 0.3) is 0 Å². The standard InChI is InChI=1S/C19H31N/c1-2-3-4-7-11-17-12-10-15-20-19(16-17)18-13-8-5-6-9-14-18/h10,12,15-16,18,20H,2-9,11,13-14H2,1H3. The first-order valence-corrected chi connectivity index (χ1v) is 8.74. The minimum Gasteiger partial charge on any atom is -0.365 e. The van der Waals surface area contributed by atoms with Crippen molar-refractivity contribution in [1.82, 2.24) is 5.32 Å². The van der Waals surface area contributed by atoms with E-state index >= 15 is 0 Å². The van der Waals surface area contributed by atoms with Gasteiger partial charge in [-0.2, -0.15) is 0 Å². The summed E-state index contributed by atoms with van der Waals surface area (Å²) in [6.45, 7) is 2.28. The summed E-state index contributed by atoms with van der Waals surface area (Å²) in [6, 6.07) is 0. The maximum absolute atomic E-state index is 3.54. The maximum Gasteiger partial charge on any atom is 0.0180 e. The van der Waals surface area contributed by atoms with Crippen molar-refractivity contribution in [3.8, 4) is 0 Å². The van der Waals surface area contributed by atoms with Crippen molar-refractivity contribution in [2.45, 2.75) is 77.6 Å². The van der Waals surface area contributed by atoms with Gasteiger partial charge in [0.15, 0.2) is 0 Å². The van der Waals surface area contributed by atoms with Gasteiger partial charge in [-0.1, -0.05) is 57.9 Å². The lowest BCUT2D eigenvalue weighted by Crippen LogP contribution is -2.15. The third kappa shape index (κ3) is 5.19. The van der Waals surface area contributed by atoms with Gasteiger partial charge in [0.05, 0.1) is 0 Å². The topological polar surface area (TPSA) is 12.0 Å². The van der Waals surface area contributed by atoms with Gasteiger partial charge in [0.25, 0.3) is 0 Å². The van der Waals surface area contributed by atoms with Crippen LogP contribution >= 0.6 is 0 Å². The molecule has 0 amide bonds. The molecule has 20 heavy (non-hydrogen) atoms. The highest BCUT2D eigenvalue weighted by atomic mass is 14.9. The van der Waals surface area contributed by atoms with Gasteiger partial charge in [0, 0.05) is 11.9 Å². The van der Waals surface area contributed by atoms with E-state index in [-0.39, 0.29) is 0 Å². The maximum atomic E-state index is 3.54. The molecular weight excluding hydrogens is 242 g/mol. The highest BCUT2D eigenvalue weighted by molar-refractivity contribution is 5.31. The Morgan fingerprint density at radius 1 is 1.05 bits per heavy atom. The monoisotopic (exact) mass is 273 g/mol. The molecule has 1 heteroatoms. The average Bonchev–Trinajstić information content (AvgIpc) is 2.86. The Kier molecular flexibility index (Phi) is 6.97. The molecule has 0 saturated heterocycles. The van der Waals surface area contributed by atoms with E-state index < -0.39 is 0 Å². The van der Waals surface area contributed by atoms with E-state index in [2.05, 4.69) is 36.7 Å². The van der Waals surface area contributed by atoms with Crippen LogP contribution in [0.5, 0.6) is 0 Å². The summed E-state index contributed by atoms with van der Waals surface area (Å²) in [4.78, 5) is 0. The zero-order valence-corrected chi connectivity index (χ0v) is 13.2. The van der Waals surface area contributed by atoms with Gasteiger partial charge in [-0.25, -0.2) is 0 Å². The smallest absolute Gasteiger partial charge is 0.0180 e. The Hall–Kier alpha value is -0.980. The van der Waals surface area contributed by atoms with E-state index in [1.54, 1.807) is 0 Å². The van der Waals surface area contributed by atoms with Gasteiger partial charge in [-0.15, -0.1) is 0 Å². The van der Waals surface area contributed by atoms with Crippen molar-refractivity contribution >= 4 is 0 Å². The van der Waals surface area contributed by atoms with Gasteiger partial charge in [0.1, 0.15) is 0 Å². The zero-order valence-electron chi connectivity index (χ0n) is 13.2. The van der Waals surface area contributed by atoms with Crippen LogP contribution in [0.3, 0.4) is 0 Å². The molecule has 0 bridgehead atoms. The molecule has 0 unspecified atom stereocenters. The SMILES string of the molecule is CCCCCCC1=CC=CNC(C2CCCCCC2)=C1. The number of hydrogen-bond donors (Lipinski definition) is 1. The summed E-state index contributed by atoms with van der Waals surface area (Å²) in [7, 11) is 0. The fraction of sp³-hybridized carbons (Fsp3) is 0.684. The second-order valence-corrected chi connectivity index (χ2v) is 6.34. The quantitative estimate of drug-likeness (QED) is 0.472. The van der Waals surface area contributed by atoms with E-state index in [0.717, 1.165) is 5.92 Å². The summed E-state index contributed by atoms with van der Waals surface area (Å²) in [5.74, 6) is 0.763. The van der Waals surface area contributed by atoms with Crippen LogP contribution in [0.1, 0.15) is 77.6 Å². The second-order valence-electron chi connectivity index (χ2n) is 6.34. The number of unbranched alkanes of at least 4 members (excludes halogenated alkanes) is 3. The first-order valence-electron chi connectivity index (χ1n) is 8.74. The summed E-state index contributed by atoms with van der Waals surface area (Å²) in [5.41, 5.74) is 2.99. The first kappa shape index (κ1) is 15.4. The van der Waals surface area contributed by atoms with Crippen LogP contribution in [0, 0.1) is 5.92 Å². The average molecular weight is 273 g/mol. The molecule has 0 radical (unpaired) electrons. The Labute approximate surface area is 125 Å². The molecule has 2 rings (SSSR count). The fourth-order valence-corrected chi connectivity index (χ4v) is 3.34. The Morgan fingerprint density at radius 2 is 1.85 bits per heavy atom. The second kappa shape index (κ2) is 9.05. The van der Waals surface area contributed by atoms with Crippen LogP contribution in [-0.2, 0) is 0 Å². The van der Waals surface area contributed by atoms with Gasteiger partial charge >= 0.3 is 0 Å². The van der Waals surface area contributed by atoms with E-state index in [1.165, 1.54) is 81.9 Å². The molecule has 0 aromatic heterocycles. The number of nitrogens with one attached hydrogen (secondary N) is 1. The summed E-state index contributed by atoms with van der Waals surface area (Å²) in [6.07, 6.45) is 24.1. The lowest BCUT2D eigenvalue weighted by molar-refractivity contribution is 0.509.